The van der Waals surface area contributed by atoms with Crippen molar-refractivity contribution in [1.82, 2.24) is 14.5 Å². The van der Waals surface area contributed by atoms with Crippen LogP contribution in [0, 0.1) is 5.92 Å². The fourth-order valence-corrected chi connectivity index (χ4v) is 3.48. The average molecular weight is 317 g/mol. The summed E-state index contributed by atoms with van der Waals surface area (Å²) < 4.78 is 27.7. The van der Waals surface area contributed by atoms with E-state index >= 15 is 0 Å². The van der Waals surface area contributed by atoms with Crippen molar-refractivity contribution in [3.63, 3.8) is 0 Å². The summed E-state index contributed by atoms with van der Waals surface area (Å²) in [7, 11) is -3.74. The van der Waals surface area contributed by atoms with E-state index in [1.54, 1.807) is 0 Å². The number of nitrogens with one attached hydrogen (secondary N) is 1. The van der Waals surface area contributed by atoms with Crippen LogP contribution in [0.5, 0.6) is 0 Å². The van der Waals surface area contributed by atoms with Crippen LogP contribution in [0.2, 0.25) is 0 Å². The highest BCUT2D eigenvalue weighted by Crippen LogP contribution is 2.24. The van der Waals surface area contributed by atoms with Crippen LogP contribution in [-0.2, 0) is 21.4 Å². The number of aliphatic hydroxyl groups excluding tert-OH is 1. The van der Waals surface area contributed by atoms with Gasteiger partial charge in [-0.3, -0.25) is 9.48 Å². The van der Waals surface area contributed by atoms with E-state index < -0.39 is 28.6 Å². The highest BCUT2D eigenvalue weighted by Gasteiger charge is 2.25. The van der Waals surface area contributed by atoms with E-state index in [1.165, 1.54) is 6.20 Å². The van der Waals surface area contributed by atoms with E-state index in [9.17, 15) is 18.3 Å². The standard InChI is InChI=1S/C12H19N3O5S/c16-11-4-2-1-3-9(11)5-14-21(19,20)10-6-13-15(7-10)8-12(17)18/h6-7,9,11,14,16H,1-5,8H2,(H,17,18). The number of aliphatic carboxylic acids is 1. The Morgan fingerprint density at radius 1 is 1.43 bits per heavy atom. The van der Waals surface area contributed by atoms with E-state index in [4.69, 9.17) is 5.11 Å². The Hall–Kier alpha value is -1.45. The molecule has 0 radical (unpaired) electrons. The Bertz CT molecular complexity index is 598. The zero-order valence-electron chi connectivity index (χ0n) is 11.5. The Kier molecular flexibility index (Phi) is 4.96. The second-order valence-electron chi connectivity index (χ2n) is 5.23. The van der Waals surface area contributed by atoms with E-state index in [0.29, 0.717) is 6.42 Å². The highest BCUT2D eigenvalue weighted by atomic mass is 32.2. The summed E-state index contributed by atoms with van der Waals surface area (Å²) >= 11 is 0. The molecule has 0 saturated heterocycles. The van der Waals surface area contributed by atoms with Crippen LogP contribution in [0.4, 0.5) is 0 Å². The Morgan fingerprint density at radius 3 is 2.81 bits per heavy atom. The third kappa shape index (κ3) is 4.26. The van der Waals surface area contributed by atoms with Gasteiger partial charge in [0, 0.05) is 12.7 Å². The summed E-state index contributed by atoms with van der Waals surface area (Å²) in [5.41, 5.74) is 0. The lowest BCUT2D eigenvalue weighted by molar-refractivity contribution is -0.137. The van der Waals surface area contributed by atoms with Crippen LogP contribution >= 0.6 is 0 Å². The maximum Gasteiger partial charge on any atom is 0.325 e. The zero-order valence-corrected chi connectivity index (χ0v) is 12.3. The minimum absolute atomic E-state index is 0.0750. The summed E-state index contributed by atoms with van der Waals surface area (Å²) in [4.78, 5) is 10.5. The molecule has 3 N–H and O–H groups in total. The second-order valence-corrected chi connectivity index (χ2v) is 7.00. The number of nitrogens with zero attached hydrogens (tertiary/aromatic N) is 2. The van der Waals surface area contributed by atoms with Crippen molar-refractivity contribution in [3.8, 4) is 0 Å². The SMILES string of the molecule is O=C(O)Cn1cc(S(=O)(=O)NCC2CCCCC2O)cn1. The molecule has 1 fully saturated rings. The molecule has 0 aliphatic heterocycles. The molecule has 2 unspecified atom stereocenters. The molecule has 1 saturated carbocycles. The van der Waals surface area contributed by atoms with Crippen molar-refractivity contribution < 1.29 is 23.4 Å². The minimum atomic E-state index is -3.74. The molecule has 1 aromatic rings. The van der Waals surface area contributed by atoms with Crippen molar-refractivity contribution >= 4 is 16.0 Å². The Labute approximate surface area is 122 Å². The van der Waals surface area contributed by atoms with E-state index in [2.05, 4.69) is 9.82 Å². The van der Waals surface area contributed by atoms with Crippen LogP contribution in [0.15, 0.2) is 17.3 Å². The van der Waals surface area contributed by atoms with Gasteiger partial charge in [-0.15, -0.1) is 0 Å². The molecule has 0 amide bonds. The van der Waals surface area contributed by atoms with Crippen molar-refractivity contribution in [2.24, 2.45) is 5.92 Å². The van der Waals surface area contributed by atoms with E-state index in [1.807, 2.05) is 0 Å². The molecular formula is C12H19N3O5S. The number of aliphatic hydroxyl groups is 1. The lowest BCUT2D eigenvalue weighted by Crippen LogP contribution is -2.36. The first-order valence-electron chi connectivity index (χ1n) is 6.80. The van der Waals surface area contributed by atoms with Gasteiger partial charge in [0.1, 0.15) is 11.4 Å². The largest absolute Gasteiger partial charge is 0.480 e. The van der Waals surface area contributed by atoms with Gasteiger partial charge in [0.15, 0.2) is 0 Å². The van der Waals surface area contributed by atoms with Crippen LogP contribution in [0.1, 0.15) is 25.7 Å². The normalized spacial score (nSPS) is 23.1. The molecule has 118 valence electrons. The second kappa shape index (κ2) is 6.54. The van der Waals surface area contributed by atoms with Crippen molar-refractivity contribution in [1.29, 1.82) is 0 Å². The molecular weight excluding hydrogens is 298 g/mol. The van der Waals surface area contributed by atoms with Crippen LogP contribution < -0.4 is 4.72 Å². The number of hydrogen-bond acceptors (Lipinski definition) is 5. The number of carboxylic acid groups (broad SMARTS) is 1. The molecule has 2 atom stereocenters. The van der Waals surface area contributed by atoms with Gasteiger partial charge in [0.2, 0.25) is 10.0 Å². The van der Waals surface area contributed by atoms with Crippen molar-refractivity contribution in [2.45, 2.75) is 43.2 Å². The first-order chi connectivity index (χ1) is 9.88. The molecule has 21 heavy (non-hydrogen) atoms. The quantitative estimate of drug-likeness (QED) is 0.668. The first kappa shape index (κ1) is 15.9. The Morgan fingerprint density at radius 2 is 2.14 bits per heavy atom. The molecule has 8 nitrogen and oxygen atoms in total. The Balaban J connectivity index is 1.97. The lowest BCUT2D eigenvalue weighted by atomic mass is 9.87. The molecule has 0 aromatic carbocycles. The highest BCUT2D eigenvalue weighted by molar-refractivity contribution is 7.89. The van der Waals surface area contributed by atoms with Gasteiger partial charge in [-0.25, -0.2) is 13.1 Å². The third-order valence-corrected chi connectivity index (χ3v) is 5.00. The first-order valence-corrected chi connectivity index (χ1v) is 8.29. The van der Waals surface area contributed by atoms with E-state index in [0.717, 1.165) is 30.1 Å². The molecule has 1 aliphatic carbocycles. The van der Waals surface area contributed by atoms with E-state index in [-0.39, 0.29) is 17.4 Å². The average Bonchev–Trinajstić information content (AvgIpc) is 2.86. The monoisotopic (exact) mass is 317 g/mol. The number of rotatable bonds is 6. The van der Waals surface area contributed by atoms with Crippen molar-refractivity contribution in [3.05, 3.63) is 12.4 Å². The van der Waals surface area contributed by atoms with Gasteiger partial charge in [-0.1, -0.05) is 12.8 Å². The molecule has 1 aromatic heterocycles. The number of sulfonamides is 1. The number of carbonyl (C=O) groups is 1. The number of carboxylic acids is 1. The smallest absolute Gasteiger partial charge is 0.325 e. The van der Waals surface area contributed by atoms with Gasteiger partial charge < -0.3 is 10.2 Å². The number of aromatic nitrogens is 2. The third-order valence-electron chi connectivity index (χ3n) is 3.62. The van der Waals surface area contributed by atoms with Gasteiger partial charge in [0.25, 0.3) is 0 Å². The predicted octanol–water partition coefficient (Wildman–Crippen LogP) is -0.203. The van der Waals surface area contributed by atoms with Crippen LogP contribution in [0.3, 0.4) is 0 Å². The maximum absolute atomic E-state index is 12.1. The van der Waals surface area contributed by atoms with Gasteiger partial charge in [-0.05, 0) is 18.8 Å². The molecule has 0 spiro atoms. The lowest BCUT2D eigenvalue weighted by Gasteiger charge is -2.27. The maximum atomic E-state index is 12.1. The van der Waals surface area contributed by atoms with Crippen LogP contribution in [0.25, 0.3) is 0 Å². The van der Waals surface area contributed by atoms with Gasteiger partial charge in [-0.2, -0.15) is 5.10 Å². The fraction of sp³-hybridized carbons (Fsp3) is 0.667. The minimum Gasteiger partial charge on any atom is -0.480 e. The predicted molar refractivity (Wildman–Crippen MR) is 73.0 cm³/mol. The molecule has 1 heterocycles. The number of hydrogen-bond donors (Lipinski definition) is 3. The summed E-state index contributed by atoms with van der Waals surface area (Å²) in [5.74, 6) is -1.18. The summed E-state index contributed by atoms with van der Waals surface area (Å²) in [6.45, 7) is -0.218. The molecule has 1 aliphatic rings. The summed E-state index contributed by atoms with van der Waals surface area (Å²) in [5, 5.41) is 22.2. The molecule has 0 bridgehead atoms. The summed E-state index contributed by atoms with van der Waals surface area (Å²) in [6.07, 6.45) is 5.25. The zero-order chi connectivity index (χ0) is 15.5. The van der Waals surface area contributed by atoms with Crippen molar-refractivity contribution in [2.75, 3.05) is 6.54 Å². The topological polar surface area (TPSA) is 122 Å². The van der Waals surface area contributed by atoms with Gasteiger partial charge >= 0.3 is 5.97 Å². The molecule has 9 heteroatoms. The molecule has 2 rings (SSSR count). The van der Waals surface area contributed by atoms with Gasteiger partial charge in [0.05, 0.1) is 12.3 Å². The fourth-order valence-electron chi connectivity index (χ4n) is 2.43. The summed E-state index contributed by atoms with van der Waals surface area (Å²) in [6, 6.07) is 0. The van der Waals surface area contributed by atoms with Crippen LogP contribution in [-0.4, -0.2) is 47.0 Å².